The maximum atomic E-state index is 12.6. The van der Waals surface area contributed by atoms with Gasteiger partial charge in [0.05, 0.1) is 10.7 Å². The van der Waals surface area contributed by atoms with Gasteiger partial charge in [0.1, 0.15) is 6.54 Å². The molecule has 2 aromatic heterocycles. The van der Waals surface area contributed by atoms with Crippen LogP contribution in [0.4, 0.5) is 0 Å². The minimum Gasteiger partial charge on any atom is -0.350 e. The number of hydrogen-bond donors (Lipinski definition) is 1. The number of nitrogens with one attached hydrogen (secondary N) is 1. The highest BCUT2D eigenvalue weighted by Crippen LogP contribution is 2.27. The molecule has 1 fully saturated rings. The Bertz CT molecular complexity index is 1010. The summed E-state index contributed by atoms with van der Waals surface area (Å²) in [6, 6.07) is 10.7. The first-order valence-electron chi connectivity index (χ1n) is 10.7. The number of aromatic nitrogens is 2. The van der Waals surface area contributed by atoms with Crippen molar-refractivity contribution < 1.29 is 4.79 Å². The van der Waals surface area contributed by atoms with Crippen LogP contribution in [0.5, 0.6) is 0 Å². The number of aryl methyl sites for hydroxylation is 2. The Hall–Kier alpha value is -2.44. The Balaban J connectivity index is 1.33. The van der Waals surface area contributed by atoms with Crippen molar-refractivity contribution in [1.29, 1.82) is 0 Å². The highest BCUT2D eigenvalue weighted by Gasteiger charge is 2.15. The molecule has 1 amide bonds. The van der Waals surface area contributed by atoms with E-state index >= 15 is 0 Å². The molecule has 0 radical (unpaired) electrons. The molecular formula is C24H30N4OS. The molecule has 1 aromatic carbocycles. The molecule has 0 atom stereocenters. The molecular weight excluding hydrogens is 392 g/mol. The lowest BCUT2D eigenvalue weighted by Crippen LogP contribution is -2.27. The van der Waals surface area contributed by atoms with Gasteiger partial charge in [-0.25, -0.2) is 4.98 Å². The predicted molar refractivity (Wildman–Crippen MR) is 123 cm³/mol. The van der Waals surface area contributed by atoms with Crippen LogP contribution < -0.4 is 5.32 Å². The molecule has 3 heterocycles. The second-order valence-electron chi connectivity index (χ2n) is 8.20. The van der Waals surface area contributed by atoms with Crippen LogP contribution in [0.1, 0.15) is 40.4 Å². The molecule has 0 saturated carbocycles. The van der Waals surface area contributed by atoms with E-state index < -0.39 is 0 Å². The zero-order chi connectivity index (χ0) is 21.1. The summed E-state index contributed by atoms with van der Waals surface area (Å²) < 4.78 is 2.07. The van der Waals surface area contributed by atoms with E-state index in [2.05, 4.69) is 62.4 Å². The van der Waals surface area contributed by atoms with E-state index in [9.17, 15) is 4.79 Å². The summed E-state index contributed by atoms with van der Waals surface area (Å²) in [5, 5.41) is 6.20. The van der Waals surface area contributed by atoms with Crippen molar-refractivity contribution in [1.82, 2.24) is 19.8 Å². The van der Waals surface area contributed by atoms with Crippen LogP contribution in [0.2, 0.25) is 0 Å². The number of rotatable bonds is 7. The molecule has 158 valence electrons. The van der Waals surface area contributed by atoms with Crippen LogP contribution in [-0.4, -0.2) is 33.4 Å². The number of nitrogens with zero attached hydrogens (tertiary/aromatic N) is 3. The number of benzene rings is 1. The smallest absolute Gasteiger partial charge is 0.240 e. The van der Waals surface area contributed by atoms with E-state index in [0.717, 1.165) is 39.8 Å². The summed E-state index contributed by atoms with van der Waals surface area (Å²) in [5.74, 6) is 0.0268. The van der Waals surface area contributed by atoms with Crippen LogP contribution in [0.25, 0.3) is 11.3 Å². The van der Waals surface area contributed by atoms with Gasteiger partial charge in [0.2, 0.25) is 5.91 Å². The molecule has 3 aromatic rings. The Morgan fingerprint density at radius 1 is 1.10 bits per heavy atom. The first-order chi connectivity index (χ1) is 14.5. The van der Waals surface area contributed by atoms with Gasteiger partial charge in [-0.2, -0.15) is 0 Å². The van der Waals surface area contributed by atoms with Crippen LogP contribution in [-0.2, 0) is 24.4 Å². The molecule has 4 rings (SSSR count). The molecule has 5 nitrogen and oxygen atoms in total. The first-order valence-corrected chi connectivity index (χ1v) is 11.5. The fourth-order valence-corrected chi connectivity index (χ4v) is 4.77. The van der Waals surface area contributed by atoms with Gasteiger partial charge in [0, 0.05) is 35.4 Å². The summed E-state index contributed by atoms with van der Waals surface area (Å²) in [6.07, 6.45) is 2.63. The number of hydrogen-bond acceptors (Lipinski definition) is 4. The molecule has 0 spiro atoms. The molecule has 30 heavy (non-hydrogen) atoms. The summed E-state index contributed by atoms with van der Waals surface area (Å²) in [7, 11) is 0. The first kappa shape index (κ1) is 20.8. The van der Waals surface area contributed by atoms with Crippen molar-refractivity contribution in [3.8, 4) is 11.3 Å². The van der Waals surface area contributed by atoms with E-state index in [-0.39, 0.29) is 5.91 Å². The minimum absolute atomic E-state index is 0.0268. The third kappa shape index (κ3) is 4.82. The van der Waals surface area contributed by atoms with Gasteiger partial charge in [0.25, 0.3) is 0 Å². The van der Waals surface area contributed by atoms with E-state index in [1.807, 2.05) is 13.8 Å². The van der Waals surface area contributed by atoms with Crippen LogP contribution >= 0.6 is 11.3 Å². The van der Waals surface area contributed by atoms with Crippen molar-refractivity contribution in [2.45, 2.75) is 53.2 Å². The molecule has 6 heteroatoms. The van der Waals surface area contributed by atoms with E-state index in [0.29, 0.717) is 13.1 Å². The zero-order valence-electron chi connectivity index (χ0n) is 18.1. The van der Waals surface area contributed by atoms with E-state index in [1.54, 1.807) is 11.3 Å². The van der Waals surface area contributed by atoms with Gasteiger partial charge in [-0.3, -0.25) is 9.69 Å². The van der Waals surface area contributed by atoms with Crippen LogP contribution in [0.3, 0.4) is 0 Å². The van der Waals surface area contributed by atoms with Crippen molar-refractivity contribution in [3.05, 3.63) is 63.2 Å². The second-order valence-corrected chi connectivity index (χ2v) is 9.26. The Morgan fingerprint density at radius 3 is 2.47 bits per heavy atom. The molecule has 1 saturated heterocycles. The fraction of sp³-hybridized carbons (Fsp3) is 0.417. The average molecular weight is 423 g/mol. The van der Waals surface area contributed by atoms with Gasteiger partial charge in [0.15, 0.2) is 0 Å². The largest absolute Gasteiger partial charge is 0.350 e. The second kappa shape index (κ2) is 9.14. The topological polar surface area (TPSA) is 50.2 Å². The summed E-state index contributed by atoms with van der Waals surface area (Å²) >= 11 is 1.65. The lowest BCUT2D eigenvalue weighted by Gasteiger charge is -2.15. The number of carbonyl (C=O) groups excluding carboxylic acids is 1. The molecule has 0 unspecified atom stereocenters. The fourth-order valence-electron chi connectivity index (χ4n) is 4.15. The summed E-state index contributed by atoms with van der Waals surface area (Å²) in [5.41, 5.74) is 6.74. The lowest BCUT2D eigenvalue weighted by molar-refractivity contribution is -0.121. The molecule has 0 bridgehead atoms. The molecule has 1 aliphatic rings. The maximum Gasteiger partial charge on any atom is 0.240 e. The Labute approximate surface area is 182 Å². The quantitative estimate of drug-likeness (QED) is 0.612. The number of amides is 1. The van der Waals surface area contributed by atoms with Crippen LogP contribution in [0, 0.1) is 20.8 Å². The summed E-state index contributed by atoms with van der Waals surface area (Å²) in [6.45, 7) is 10.4. The molecule has 1 aliphatic heterocycles. The highest BCUT2D eigenvalue weighted by molar-refractivity contribution is 7.09. The van der Waals surface area contributed by atoms with E-state index in [1.165, 1.54) is 31.5 Å². The zero-order valence-corrected chi connectivity index (χ0v) is 18.9. The third-order valence-electron chi connectivity index (χ3n) is 5.89. The predicted octanol–water partition coefficient (Wildman–Crippen LogP) is 4.45. The lowest BCUT2D eigenvalue weighted by atomic mass is 10.1. The monoisotopic (exact) mass is 422 g/mol. The minimum atomic E-state index is 0.0268. The SMILES string of the molecule is Cc1nc(-c2cc(C)n(CC(=O)NCc3ccc(CN4CCCC4)cc3)c2C)cs1. The van der Waals surface area contributed by atoms with Gasteiger partial charge >= 0.3 is 0 Å². The van der Waals surface area contributed by atoms with Crippen molar-refractivity contribution in [3.63, 3.8) is 0 Å². The third-order valence-corrected chi connectivity index (χ3v) is 6.66. The number of thiazole rings is 1. The molecule has 1 N–H and O–H groups in total. The average Bonchev–Trinajstić information content (AvgIpc) is 3.45. The van der Waals surface area contributed by atoms with Crippen molar-refractivity contribution in [2.24, 2.45) is 0 Å². The van der Waals surface area contributed by atoms with E-state index in [4.69, 9.17) is 0 Å². The Kier molecular flexibility index (Phi) is 6.35. The van der Waals surface area contributed by atoms with Crippen molar-refractivity contribution >= 4 is 17.2 Å². The summed E-state index contributed by atoms with van der Waals surface area (Å²) in [4.78, 5) is 19.7. The van der Waals surface area contributed by atoms with Gasteiger partial charge in [-0.15, -0.1) is 11.3 Å². The number of carbonyl (C=O) groups is 1. The molecule has 0 aliphatic carbocycles. The normalized spacial score (nSPS) is 14.4. The van der Waals surface area contributed by atoms with Gasteiger partial charge in [-0.05, 0) is 63.9 Å². The number of likely N-dealkylation sites (tertiary alicyclic amines) is 1. The van der Waals surface area contributed by atoms with Crippen LogP contribution in [0.15, 0.2) is 35.7 Å². The Morgan fingerprint density at radius 2 is 1.80 bits per heavy atom. The maximum absolute atomic E-state index is 12.6. The van der Waals surface area contributed by atoms with Crippen molar-refractivity contribution in [2.75, 3.05) is 13.1 Å². The standard InChI is InChI=1S/C24H30N4OS/c1-17-12-22(23-16-30-19(3)26-23)18(2)28(17)15-24(29)25-13-20-6-8-21(9-7-20)14-27-10-4-5-11-27/h6-9,12,16H,4-5,10-11,13-15H2,1-3H3,(H,25,29). The van der Waals surface area contributed by atoms with Gasteiger partial charge < -0.3 is 9.88 Å². The van der Waals surface area contributed by atoms with Gasteiger partial charge in [-0.1, -0.05) is 24.3 Å². The highest BCUT2D eigenvalue weighted by atomic mass is 32.1.